The van der Waals surface area contributed by atoms with E-state index in [1.807, 2.05) is 31.2 Å². The second-order valence-electron chi connectivity index (χ2n) is 4.84. The van der Waals surface area contributed by atoms with E-state index in [4.69, 9.17) is 5.11 Å². The first kappa shape index (κ1) is 14.6. The van der Waals surface area contributed by atoms with E-state index < -0.39 is 0 Å². The summed E-state index contributed by atoms with van der Waals surface area (Å²) in [6, 6.07) is 9.45. The van der Waals surface area contributed by atoms with Gasteiger partial charge in [-0.3, -0.25) is 4.98 Å². The number of nitrogens with one attached hydrogen (secondary N) is 1. The summed E-state index contributed by atoms with van der Waals surface area (Å²) < 4.78 is 13.1. The van der Waals surface area contributed by atoms with Gasteiger partial charge in [-0.1, -0.05) is 24.3 Å². The second kappa shape index (κ2) is 7.12. The summed E-state index contributed by atoms with van der Waals surface area (Å²) in [7, 11) is 0. The molecule has 1 unspecified atom stereocenters. The number of hydrogen-bond acceptors (Lipinski definition) is 3. The van der Waals surface area contributed by atoms with E-state index in [0.717, 1.165) is 24.1 Å². The van der Waals surface area contributed by atoms with Gasteiger partial charge in [0.2, 0.25) is 0 Å². The van der Waals surface area contributed by atoms with Gasteiger partial charge in [-0.15, -0.1) is 0 Å². The van der Waals surface area contributed by atoms with Crippen molar-refractivity contribution in [1.82, 2.24) is 10.3 Å². The van der Waals surface area contributed by atoms with Gasteiger partial charge in [0.25, 0.3) is 0 Å². The summed E-state index contributed by atoms with van der Waals surface area (Å²) in [5.74, 6) is -0.309. The molecule has 1 heterocycles. The summed E-state index contributed by atoms with van der Waals surface area (Å²) in [5, 5.41) is 12.3. The predicted molar refractivity (Wildman–Crippen MR) is 76.7 cm³/mol. The minimum atomic E-state index is -0.309. The molecule has 0 aliphatic heterocycles. The van der Waals surface area contributed by atoms with E-state index in [2.05, 4.69) is 10.3 Å². The molecular formula is C16H19FN2O. The highest BCUT2D eigenvalue weighted by molar-refractivity contribution is 5.22. The number of aliphatic hydroxyl groups excluding tert-OH is 1. The summed E-state index contributed by atoms with van der Waals surface area (Å²) in [4.78, 5) is 3.85. The van der Waals surface area contributed by atoms with Gasteiger partial charge < -0.3 is 10.4 Å². The molecule has 0 amide bonds. The lowest BCUT2D eigenvalue weighted by Gasteiger charge is -2.14. The molecule has 0 spiro atoms. The fraction of sp³-hybridized carbons (Fsp3) is 0.312. The number of halogens is 1. The van der Waals surface area contributed by atoms with Crippen LogP contribution < -0.4 is 5.32 Å². The zero-order valence-electron chi connectivity index (χ0n) is 11.5. The highest BCUT2D eigenvalue weighted by Crippen LogP contribution is 2.12. The number of hydrogen-bond donors (Lipinski definition) is 2. The summed E-state index contributed by atoms with van der Waals surface area (Å²) in [6.07, 6.45) is 3.77. The van der Waals surface area contributed by atoms with Crippen molar-refractivity contribution in [2.75, 3.05) is 6.54 Å². The fourth-order valence-electron chi connectivity index (χ4n) is 2.03. The van der Waals surface area contributed by atoms with Crippen molar-refractivity contribution in [3.8, 4) is 0 Å². The molecule has 2 rings (SSSR count). The van der Waals surface area contributed by atoms with Gasteiger partial charge in [-0.2, -0.15) is 0 Å². The van der Waals surface area contributed by atoms with Crippen LogP contribution in [0.4, 0.5) is 4.39 Å². The number of aliphatic hydroxyl groups is 1. The van der Waals surface area contributed by atoms with Crippen molar-refractivity contribution in [1.29, 1.82) is 0 Å². The van der Waals surface area contributed by atoms with Gasteiger partial charge in [-0.05, 0) is 42.6 Å². The van der Waals surface area contributed by atoms with Gasteiger partial charge in [0, 0.05) is 12.2 Å². The average Bonchev–Trinajstić information content (AvgIpc) is 2.48. The number of nitrogens with zero attached hydrogens (tertiary/aromatic N) is 1. The van der Waals surface area contributed by atoms with E-state index in [1.165, 1.54) is 17.8 Å². The SMILES string of the molecule is CC(NCCc1ccc(CO)cc1)c1cncc(F)c1. The van der Waals surface area contributed by atoms with Crippen LogP contribution in [-0.2, 0) is 13.0 Å². The smallest absolute Gasteiger partial charge is 0.141 e. The Bertz CT molecular complexity index is 542. The maximum atomic E-state index is 13.1. The van der Waals surface area contributed by atoms with Crippen LogP contribution in [0.15, 0.2) is 42.7 Å². The molecule has 0 fully saturated rings. The van der Waals surface area contributed by atoms with Gasteiger partial charge in [-0.25, -0.2) is 4.39 Å². The van der Waals surface area contributed by atoms with Crippen LogP contribution in [-0.4, -0.2) is 16.6 Å². The monoisotopic (exact) mass is 274 g/mol. The zero-order valence-corrected chi connectivity index (χ0v) is 11.5. The molecule has 0 aliphatic rings. The second-order valence-corrected chi connectivity index (χ2v) is 4.84. The molecule has 3 nitrogen and oxygen atoms in total. The Morgan fingerprint density at radius 2 is 1.90 bits per heavy atom. The van der Waals surface area contributed by atoms with Crippen molar-refractivity contribution in [2.45, 2.75) is 26.0 Å². The van der Waals surface area contributed by atoms with Crippen LogP contribution >= 0.6 is 0 Å². The lowest BCUT2D eigenvalue weighted by atomic mass is 10.1. The lowest BCUT2D eigenvalue weighted by molar-refractivity contribution is 0.282. The summed E-state index contributed by atoms with van der Waals surface area (Å²) >= 11 is 0. The van der Waals surface area contributed by atoms with Crippen molar-refractivity contribution < 1.29 is 9.50 Å². The van der Waals surface area contributed by atoms with Crippen molar-refractivity contribution in [3.05, 3.63) is 65.2 Å². The standard InChI is InChI=1S/C16H19FN2O/c1-12(15-8-16(17)10-18-9-15)19-7-6-13-2-4-14(11-20)5-3-13/h2-5,8-10,12,19-20H,6-7,11H2,1H3. The molecule has 0 bridgehead atoms. The molecule has 1 aromatic heterocycles. The quantitative estimate of drug-likeness (QED) is 0.851. The largest absolute Gasteiger partial charge is 0.392 e. The topological polar surface area (TPSA) is 45.1 Å². The molecule has 2 N–H and O–H groups in total. The molecule has 0 aliphatic carbocycles. The lowest BCUT2D eigenvalue weighted by Crippen LogP contribution is -2.21. The van der Waals surface area contributed by atoms with Gasteiger partial charge in [0.15, 0.2) is 0 Å². The Kier molecular flexibility index (Phi) is 5.21. The van der Waals surface area contributed by atoms with Gasteiger partial charge in [0.1, 0.15) is 5.82 Å². The molecule has 2 aromatic rings. The molecule has 0 saturated heterocycles. The molecule has 20 heavy (non-hydrogen) atoms. The Labute approximate surface area is 118 Å². The Balaban J connectivity index is 1.82. The third-order valence-corrected chi connectivity index (χ3v) is 3.30. The van der Waals surface area contributed by atoms with E-state index in [9.17, 15) is 4.39 Å². The van der Waals surface area contributed by atoms with Gasteiger partial charge in [0.05, 0.1) is 12.8 Å². The van der Waals surface area contributed by atoms with Crippen molar-refractivity contribution in [3.63, 3.8) is 0 Å². The van der Waals surface area contributed by atoms with Crippen molar-refractivity contribution >= 4 is 0 Å². The Hall–Kier alpha value is -1.78. The van der Waals surface area contributed by atoms with Crippen molar-refractivity contribution in [2.24, 2.45) is 0 Å². The maximum absolute atomic E-state index is 13.1. The zero-order chi connectivity index (χ0) is 14.4. The van der Waals surface area contributed by atoms with E-state index >= 15 is 0 Å². The van der Waals surface area contributed by atoms with Crippen LogP contribution in [0.1, 0.15) is 29.7 Å². The van der Waals surface area contributed by atoms with Crippen LogP contribution in [0.3, 0.4) is 0 Å². The van der Waals surface area contributed by atoms with Crippen LogP contribution in [0.5, 0.6) is 0 Å². The number of pyridine rings is 1. The molecule has 1 aromatic carbocycles. The highest BCUT2D eigenvalue weighted by Gasteiger charge is 2.06. The maximum Gasteiger partial charge on any atom is 0.141 e. The van der Waals surface area contributed by atoms with Gasteiger partial charge >= 0.3 is 0 Å². The number of benzene rings is 1. The van der Waals surface area contributed by atoms with E-state index in [-0.39, 0.29) is 18.5 Å². The predicted octanol–water partition coefficient (Wildman–Crippen LogP) is 2.61. The minimum absolute atomic E-state index is 0.0647. The molecule has 1 atom stereocenters. The van der Waals surface area contributed by atoms with E-state index in [0.29, 0.717) is 0 Å². The molecular weight excluding hydrogens is 255 g/mol. The first-order valence-corrected chi connectivity index (χ1v) is 6.71. The van der Waals surface area contributed by atoms with Crippen LogP contribution in [0, 0.1) is 5.82 Å². The average molecular weight is 274 g/mol. The first-order chi connectivity index (χ1) is 9.69. The third kappa shape index (κ3) is 4.11. The Morgan fingerprint density at radius 1 is 1.20 bits per heavy atom. The molecule has 0 radical (unpaired) electrons. The summed E-state index contributed by atoms with van der Waals surface area (Å²) in [5.41, 5.74) is 2.97. The molecule has 106 valence electrons. The highest BCUT2D eigenvalue weighted by atomic mass is 19.1. The van der Waals surface area contributed by atoms with E-state index in [1.54, 1.807) is 6.20 Å². The first-order valence-electron chi connectivity index (χ1n) is 6.71. The third-order valence-electron chi connectivity index (χ3n) is 3.30. The van der Waals surface area contributed by atoms with Crippen LogP contribution in [0.25, 0.3) is 0 Å². The molecule has 0 saturated carbocycles. The van der Waals surface area contributed by atoms with Crippen LogP contribution in [0.2, 0.25) is 0 Å². The normalized spacial score (nSPS) is 12.3. The number of aromatic nitrogens is 1. The summed E-state index contributed by atoms with van der Waals surface area (Å²) in [6.45, 7) is 2.86. The molecule has 4 heteroatoms. The Morgan fingerprint density at radius 3 is 2.55 bits per heavy atom. The minimum Gasteiger partial charge on any atom is -0.392 e. The fourth-order valence-corrected chi connectivity index (χ4v) is 2.03. The number of rotatable bonds is 6.